The third-order valence-electron chi connectivity index (χ3n) is 7.22. The van der Waals surface area contributed by atoms with Gasteiger partial charge in [-0.25, -0.2) is 0 Å². The molecule has 2 aliphatic rings. The maximum atomic E-state index is 9.20. The Morgan fingerprint density at radius 3 is 1.66 bits per heavy atom. The van der Waals surface area contributed by atoms with Crippen LogP contribution < -0.4 is 0 Å². The van der Waals surface area contributed by atoms with Gasteiger partial charge < -0.3 is 5.11 Å². The molecule has 2 fully saturated rings. The van der Waals surface area contributed by atoms with Gasteiger partial charge >= 0.3 is 0 Å². The van der Waals surface area contributed by atoms with E-state index in [4.69, 9.17) is 0 Å². The molecule has 1 nitrogen and oxygen atoms in total. The molecule has 2 unspecified atom stereocenters. The quantitative estimate of drug-likeness (QED) is 0.367. The second kappa shape index (κ2) is 12.7. The predicted octanol–water partition coefficient (Wildman–Crippen LogP) is 8.93. The van der Waals surface area contributed by atoms with Crippen LogP contribution in [0.4, 0.5) is 0 Å². The molecule has 166 valence electrons. The number of hydrogen-bond acceptors (Lipinski definition) is 1. The van der Waals surface area contributed by atoms with Gasteiger partial charge in [0.05, 0.1) is 0 Å². The Morgan fingerprint density at radius 2 is 1.21 bits per heavy atom. The van der Waals surface area contributed by atoms with Crippen molar-refractivity contribution in [2.24, 2.45) is 23.2 Å². The number of unbranched alkanes of at least 4 members (excludes halogenated alkanes) is 9. The number of rotatable bonds is 11. The molecule has 0 amide bonds. The number of fused-ring (bicyclic) bond motifs is 1. The monoisotopic (exact) mass is 400 g/mol. The molecular formula is C28H48O. The summed E-state index contributed by atoms with van der Waals surface area (Å²) in [7, 11) is 0. The van der Waals surface area contributed by atoms with Gasteiger partial charge in [-0.1, -0.05) is 97.6 Å². The average molecular weight is 401 g/mol. The van der Waals surface area contributed by atoms with Gasteiger partial charge in [0, 0.05) is 0 Å². The fourth-order valence-electron chi connectivity index (χ4n) is 4.90. The highest BCUT2D eigenvalue weighted by Crippen LogP contribution is 2.58. The number of phenols is 1. The Balaban J connectivity index is 0.000000248. The first-order valence-electron chi connectivity index (χ1n) is 12.7. The molecule has 0 aromatic heterocycles. The van der Waals surface area contributed by atoms with E-state index in [0.717, 1.165) is 24.2 Å². The largest absolute Gasteiger partial charge is 0.508 e. The van der Waals surface area contributed by atoms with Gasteiger partial charge in [-0.05, 0) is 73.0 Å². The van der Waals surface area contributed by atoms with Gasteiger partial charge in [0.15, 0.2) is 0 Å². The van der Waals surface area contributed by atoms with Crippen LogP contribution in [0.2, 0.25) is 0 Å². The van der Waals surface area contributed by atoms with Crippen LogP contribution in [0.15, 0.2) is 24.3 Å². The van der Waals surface area contributed by atoms with Crippen LogP contribution in [-0.2, 0) is 6.42 Å². The topological polar surface area (TPSA) is 20.2 Å². The Morgan fingerprint density at radius 1 is 0.724 bits per heavy atom. The van der Waals surface area contributed by atoms with Gasteiger partial charge in [-0.2, -0.15) is 0 Å². The van der Waals surface area contributed by atoms with E-state index in [2.05, 4.69) is 27.7 Å². The van der Waals surface area contributed by atoms with Crippen LogP contribution in [0.5, 0.6) is 5.75 Å². The number of aryl methyl sites for hydroxylation is 1. The molecule has 1 N–H and O–H groups in total. The van der Waals surface area contributed by atoms with Crippen LogP contribution in [0.25, 0.3) is 0 Å². The van der Waals surface area contributed by atoms with Crippen molar-refractivity contribution >= 4 is 0 Å². The van der Waals surface area contributed by atoms with E-state index in [1.165, 1.54) is 82.6 Å². The standard InChI is InChI=1S/C18H30O.C10H18/c1-2-3-4-5-6-7-8-9-10-11-12-17-13-15-18(19)16-14-17;1-10(2,3)9-5-7-4-8(7)6-9/h13-16,19H,2-12H2,1H3;7-9H,4-6H2,1-3H3. The van der Waals surface area contributed by atoms with Crippen molar-refractivity contribution < 1.29 is 5.11 Å². The Bertz CT molecular complexity index is 528. The molecule has 1 heteroatoms. The second-order valence-electron chi connectivity index (χ2n) is 10.9. The molecule has 0 bridgehead atoms. The van der Waals surface area contributed by atoms with E-state index in [-0.39, 0.29) is 0 Å². The summed E-state index contributed by atoms with van der Waals surface area (Å²) in [6.07, 6.45) is 19.7. The lowest BCUT2D eigenvalue weighted by molar-refractivity contribution is 0.227. The minimum absolute atomic E-state index is 0.367. The molecule has 2 saturated carbocycles. The number of phenolic OH excluding ortho intramolecular Hbond substituents is 1. The Labute approximate surface area is 181 Å². The normalized spacial score (nSPS) is 22.7. The number of hydrogen-bond donors (Lipinski definition) is 1. The summed E-state index contributed by atoms with van der Waals surface area (Å²) in [6.45, 7) is 9.45. The molecule has 0 saturated heterocycles. The van der Waals surface area contributed by atoms with E-state index in [0.29, 0.717) is 11.2 Å². The van der Waals surface area contributed by atoms with Gasteiger partial charge in [0.2, 0.25) is 0 Å². The SMILES string of the molecule is CC(C)(C)C1CC2CC2C1.CCCCCCCCCCCCc1ccc(O)cc1. The van der Waals surface area contributed by atoms with E-state index in [1.54, 1.807) is 18.6 Å². The maximum Gasteiger partial charge on any atom is 0.115 e. The summed E-state index contributed by atoms with van der Waals surface area (Å²) in [5, 5.41) is 9.20. The van der Waals surface area contributed by atoms with Crippen LogP contribution >= 0.6 is 0 Å². The molecule has 2 atom stereocenters. The molecule has 0 heterocycles. The number of aromatic hydroxyl groups is 1. The summed E-state index contributed by atoms with van der Waals surface area (Å²) in [4.78, 5) is 0. The molecule has 2 aliphatic carbocycles. The highest BCUT2D eigenvalue weighted by Gasteiger charge is 2.48. The first-order valence-corrected chi connectivity index (χ1v) is 12.7. The molecule has 0 aliphatic heterocycles. The fourth-order valence-corrected chi connectivity index (χ4v) is 4.90. The van der Waals surface area contributed by atoms with Crippen molar-refractivity contribution in [2.75, 3.05) is 0 Å². The summed E-state index contributed by atoms with van der Waals surface area (Å²) < 4.78 is 0. The second-order valence-corrected chi connectivity index (χ2v) is 10.9. The Kier molecular flexibility index (Phi) is 10.6. The molecule has 29 heavy (non-hydrogen) atoms. The van der Waals surface area contributed by atoms with Crippen molar-refractivity contribution in [3.63, 3.8) is 0 Å². The first kappa shape index (κ1) is 24.3. The molecule has 1 aromatic carbocycles. The van der Waals surface area contributed by atoms with Crippen molar-refractivity contribution in [2.45, 2.75) is 118 Å². The van der Waals surface area contributed by atoms with E-state index >= 15 is 0 Å². The van der Waals surface area contributed by atoms with E-state index in [9.17, 15) is 5.11 Å². The lowest BCUT2D eigenvalue weighted by Gasteiger charge is -2.27. The van der Waals surface area contributed by atoms with E-state index in [1.807, 2.05) is 12.1 Å². The van der Waals surface area contributed by atoms with Gasteiger partial charge in [0.1, 0.15) is 5.75 Å². The minimum atomic E-state index is 0.367. The minimum Gasteiger partial charge on any atom is -0.508 e. The van der Waals surface area contributed by atoms with Crippen molar-refractivity contribution in [3.8, 4) is 5.75 Å². The predicted molar refractivity (Wildman–Crippen MR) is 127 cm³/mol. The highest BCUT2D eigenvalue weighted by atomic mass is 16.3. The van der Waals surface area contributed by atoms with Crippen LogP contribution in [0.3, 0.4) is 0 Å². The van der Waals surface area contributed by atoms with Crippen LogP contribution in [0, 0.1) is 23.2 Å². The summed E-state index contributed by atoms with van der Waals surface area (Å²) in [6, 6.07) is 7.63. The third-order valence-corrected chi connectivity index (χ3v) is 7.22. The smallest absolute Gasteiger partial charge is 0.115 e. The zero-order valence-corrected chi connectivity index (χ0v) is 19.9. The fraction of sp³-hybridized carbons (Fsp3) is 0.786. The molecular weight excluding hydrogens is 352 g/mol. The summed E-state index contributed by atoms with van der Waals surface area (Å²) in [5.74, 6) is 3.72. The summed E-state index contributed by atoms with van der Waals surface area (Å²) in [5.41, 5.74) is 1.94. The molecule has 0 radical (unpaired) electrons. The zero-order chi connectivity index (χ0) is 21.1. The molecule has 3 rings (SSSR count). The first-order chi connectivity index (χ1) is 13.9. The van der Waals surface area contributed by atoms with Gasteiger partial charge in [-0.3, -0.25) is 0 Å². The third kappa shape index (κ3) is 10.1. The highest BCUT2D eigenvalue weighted by molar-refractivity contribution is 5.25. The van der Waals surface area contributed by atoms with Gasteiger partial charge in [0.25, 0.3) is 0 Å². The maximum absolute atomic E-state index is 9.20. The van der Waals surface area contributed by atoms with Crippen LogP contribution in [-0.4, -0.2) is 5.11 Å². The summed E-state index contributed by atoms with van der Waals surface area (Å²) >= 11 is 0. The van der Waals surface area contributed by atoms with E-state index < -0.39 is 0 Å². The van der Waals surface area contributed by atoms with Crippen molar-refractivity contribution in [3.05, 3.63) is 29.8 Å². The lowest BCUT2D eigenvalue weighted by atomic mass is 9.78. The van der Waals surface area contributed by atoms with Crippen LogP contribution in [0.1, 0.15) is 117 Å². The molecule has 0 spiro atoms. The number of benzene rings is 1. The van der Waals surface area contributed by atoms with Gasteiger partial charge in [-0.15, -0.1) is 0 Å². The lowest BCUT2D eigenvalue weighted by Crippen LogP contribution is -2.18. The van der Waals surface area contributed by atoms with Crippen molar-refractivity contribution in [1.82, 2.24) is 0 Å². The molecule has 1 aromatic rings. The average Bonchev–Trinajstić information content (AvgIpc) is 3.29. The Hall–Kier alpha value is -0.980. The van der Waals surface area contributed by atoms with Crippen molar-refractivity contribution in [1.29, 1.82) is 0 Å². The zero-order valence-electron chi connectivity index (χ0n) is 19.9.